The second-order valence-electron chi connectivity index (χ2n) is 4.40. The van der Waals surface area contributed by atoms with E-state index in [1.54, 1.807) is 14.0 Å². The molecule has 0 saturated heterocycles. The standard InChI is InChI=1S/C7H14O4.C7H8.C2H3Cl3OS/c1-3-11-7(8)6-10-5-4-9-2;1-7-5-3-2-4-6-7;1-7(6)2(3,4)5/h3-6H2,1-2H3;2-6H,1H3;1H3. The number of benzene rings is 1. The molecule has 0 radical (unpaired) electrons. The Morgan fingerprint density at radius 2 is 1.72 bits per heavy atom. The molecule has 0 aliphatic rings. The summed E-state index contributed by atoms with van der Waals surface area (Å²) < 4.78 is 22.8. The molecule has 1 atom stereocenters. The van der Waals surface area contributed by atoms with Crippen LogP contribution in [0.25, 0.3) is 0 Å². The SMILES string of the molecule is CCOC(=O)COCCOC.C[S+]([O-])C(Cl)(Cl)Cl.Cc1ccccc1. The van der Waals surface area contributed by atoms with Crippen LogP contribution in [0.2, 0.25) is 0 Å². The summed E-state index contributed by atoms with van der Waals surface area (Å²) in [5.74, 6) is -0.330. The summed E-state index contributed by atoms with van der Waals surface area (Å²) in [7, 11) is 1.58. The first-order valence-electron chi connectivity index (χ1n) is 7.29. The molecule has 0 saturated carbocycles. The molecule has 0 fully saturated rings. The number of ether oxygens (including phenoxy) is 3. The van der Waals surface area contributed by atoms with Gasteiger partial charge in [0.05, 0.1) is 26.1 Å². The normalized spacial score (nSPS) is 11.4. The number of hydrogen-bond donors (Lipinski definition) is 0. The predicted molar refractivity (Wildman–Crippen MR) is 105 cm³/mol. The predicted octanol–water partition coefficient (Wildman–Crippen LogP) is 3.90. The molecule has 1 aromatic carbocycles. The highest BCUT2D eigenvalue weighted by molar-refractivity contribution is 7.96. The number of esters is 1. The van der Waals surface area contributed by atoms with E-state index in [1.807, 2.05) is 18.2 Å². The van der Waals surface area contributed by atoms with Crippen LogP contribution >= 0.6 is 34.8 Å². The summed E-state index contributed by atoms with van der Waals surface area (Å²) in [5, 5.41) is 0. The lowest BCUT2D eigenvalue weighted by atomic mass is 10.2. The Bertz CT molecular complexity index is 428. The van der Waals surface area contributed by atoms with Gasteiger partial charge in [0, 0.05) is 7.11 Å². The lowest BCUT2D eigenvalue weighted by Crippen LogP contribution is -2.16. The zero-order valence-corrected chi connectivity index (χ0v) is 17.9. The van der Waals surface area contributed by atoms with Crippen molar-refractivity contribution in [3.63, 3.8) is 0 Å². The Morgan fingerprint density at radius 3 is 2.04 bits per heavy atom. The van der Waals surface area contributed by atoms with Crippen molar-refractivity contribution in [1.29, 1.82) is 0 Å². The molecule has 0 N–H and O–H groups in total. The molecule has 0 heterocycles. The van der Waals surface area contributed by atoms with Gasteiger partial charge >= 0.3 is 9.09 Å². The molecule has 0 aliphatic heterocycles. The largest absolute Gasteiger partial charge is 0.613 e. The maximum Gasteiger partial charge on any atom is 0.350 e. The van der Waals surface area contributed by atoms with E-state index >= 15 is 0 Å². The number of hydrogen-bond acceptors (Lipinski definition) is 5. The zero-order valence-electron chi connectivity index (χ0n) is 14.8. The third-order valence-electron chi connectivity index (χ3n) is 2.22. The van der Waals surface area contributed by atoms with Gasteiger partial charge in [0.1, 0.15) is 6.61 Å². The van der Waals surface area contributed by atoms with Gasteiger partial charge in [-0.15, -0.1) is 0 Å². The highest BCUT2D eigenvalue weighted by Crippen LogP contribution is 2.31. The quantitative estimate of drug-likeness (QED) is 0.293. The van der Waals surface area contributed by atoms with E-state index in [0.717, 1.165) is 0 Å². The van der Waals surface area contributed by atoms with Crippen molar-refractivity contribution in [2.24, 2.45) is 0 Å². The van der Waals surface area contributed by atoms with Crippen LogP contribution in [0.3, 0.4) is 0 Å². The molecule has 0 spiro atoms. The summed E-state index contributed by atoms with van der Waals surface area (Å²) in [6.07, 6.45) is 1.33. The molecule has 0 aliphatic carbocycles. The van der Waals surface area contributed by atoms with E-state index in [2.05, 4.69) is 23.8 Å². The zero-order chi connectivity index (χ0) is 19.7. The second-order valence-corrected chi connectivity index (χ2v) is 8.88. The van der Waals surface area contributed by atoms with Crippen molar-refractivity contribution in [3.8, 4) is 0 Å². The summed E-state index contributed by atoms with van der Waals surface area (Å²) in [6.45, 7) is 5.17. The van der Waals surface area contributed by atoms with Crippen LogP contribution in [-0.4, -0.2) is 53.4 Å². The van der Waals surface area contributed by atoms with Gasteiger partial charge in [-0.2, -0.15) is 0 Å². The molecular weight excluding hydrogens is 411 g/mol. The number of halogens is 3. The van der Waals surface area contributed by atoms with Gasteiger partial charge in [-0.3, -0.25) is 0 Å². The fourth-order valence-electron chi connectivity index (χ4n) is 1.03. The van der Waals surface area contributed by atoms with Crippen LogP contribution < -0.4 is 0 Å². The minimum Gasteiger partial charge on any atom is -0.613 e. The van der Waals surface area contributed by atoms with Gasteiger partial charge in [0.2, 0.25) is 0 Å². The molecule has 146 valence electrons. The summed E-state index contributed by atoms with van der Waals surface area (Å²) in [6, 6.07) is 10.3. The van der Waals surface area contributed by atoms with Gasteiger partial charge in [0.15, 0.2) is 0 Å². The third-order valence-corrected chi connectivity index (χ3v) is 4.83. The first-order valence-corrected chi connectivity index (χ1v) is 9.98. The number of alkyl halides is 3. The Morgan fingerprint density at radius 1 is 1.20 bits per heavy atom. The molecule has 0 amide bonds. The van der Waals surface area contributed by atoms with Gasteiger partial charge in [-0.1, -0.05) is 35.9 Å². The lowest BCUT2D eigenvalue weighted by Gasteiger charge is -2.11. The summed E-state index contributed by atoms with van der Waals surface area (Å²) >= 11 is 13.9. The number of methoxy groups -OCH3 is 1. The van der Waals surface area contributed by atoms with Crippen LogP contribution in [0.4, 0.5) is 0 Å². The summed E-state index contributed by atoms with van der Waals surface area (Å²) in [4.78, 5) is 10.6. The molecule has 25 heavy (non-hydrogen) atoms. The highest BCUT2D eigenvalue weighted by atomic mass is 35.6. The van der Waals surface area contributed by atoms with Crippen LogP contribution in [-0.2, 0) is 30.2 Å². The molecule has 5 nitrogen and oxygen atoms in total. The number of carbonyl (C=O) groups is 1. The average Bonchev–Trinajstić information content (AvgIpc) is 2.53. The monoisotopic (exact) mass is 434 g/mol. The van der Waals surface area contributed by atoms with E-state index in [4.69, 9.17) is 44.3 Å². The Balaban J connectivity index is 0. The Kier molecular flexibility index (Phi) is 18.6. The smallest absolute Gasteiger partial charge is 0.350 e. The molecule has 0 bridgehead atoms. The molecule has 1 rings (SSSR count). The Hall–Kier alpha value is -0.210. The van der Waals surface area contributed by atoms with Gasteiger partial charge in [-0.05, 0) is 59.8 Å². The minimum absolute atomic E-state index is 0.0111. The van der Waals surface area contributed by atoms with E-state index < -0.39 is 14.3 Å². The summed E-state index contributed by atoms with van der Waals surface area (Å²) in [5.41, 5.74) is 1.32. The molecule has 0 aromatic heterocycles. The van der Waals surface area contributed by atoms with E-state index in [1.165, 1.54) is 11.8 Å². The van der Waals surface area contributed by atoms with Crippen LogP contribution in [0.5, 0.6) is 0 Å². The topological polar surface area (TPSA) is 67.8 Å². The van der Waals surface area contributed by atoms with Crippen molar-refractivity contribution >= 4 is 51.9 Å². The molecule has 9 heteroatoms. The van der Waals surface area contributed by atoms with E-state index in [9.17, 15) is 9.35 Å². The van der Waals surface area contributed by atoms with Crippen molar-refractivity contribution in [2.75, 3.05) is 39.8 Å². The fourth-order valence-corrected chi connectivity index (χ4v) is 1.03. The molecular formula is C16H25Cl3O5S. The Labute approximate surface area is 168 Å². The van der Waals surface area contributed by atoms with Crippen molar-refractivity contribution < 1.29 is 23.6 Å². The van der Waals surface area contributed by atoms with E-state index in [0.29, 0.717) is 19.8 Å². The van der Waals surface area contributed by atoms with Crippen molar-refractivity contribution in [3.05, 3.63) is 35.9 Å². The number of carbonyl (C=O) groups excluding carboxylic acids is 1. The lowest BCUT2D eigenvalue weighted by molar-refractivity contribution is -0.148. The minimum atomic E-state index is -1.61. The number of rotatable bonds is 6. The van der Waals surface area contributed by atoms with Gasteiger partial charge in [-0.25, -0.2) is 4.79 Å². The maximum absolute atomic E-state index is 10.6. The van der Waals surface area contributed by atoms with Gasteiger partial charge in [0.25, 0.3) is 0 Å². The van der Waals surface area contributed by atoms with Crippen molar-refractivity contribution in [1.82, 2.24) is 0 Å². The molecule has 1 aromatic rings. The fraction of sp³-hybridized carbons (Fsp3) is 0.562. The van der Waals surface area contributed by atoms with Crippen molar-refractivity contribution in [2.45, 2.75) is 17.0 Å². The third kappa shape index (κ3) is 21.7. The van der Waals surface area contributed by atoms with Crippen LogP contribution in [0.15, 0.2) is 30.3 Å². The second kappa shape index (κ2) is 17.2. The molecule has 1 unspecified atom stereocenters. The maximum atomic E-state index is 10.6. The van der Waals surface area contributed by atoms with Gasteiger partial charge < -0.3 is 18.8 Å². The van der Waals surface area contributed by atoms with Crippen LogP contribution in [0, 0.1) is 6.92 Å². The highest BCUT2D eigenvalue weighted by Gasteiger charge is 2.30. The average molecular weight is 436 g/mol. The number of aryl methyl sites for hydroxylation is 1. The first kappa shape index (κ1) is 27.0. The van der Waals surface area contributed by atoms with E-state index in [-0.39, 0.29) is 12.6 Å². The first-order chi connectivity index (χ1) is 11.6. The van der Waals surface area contributed by atoms with Crippen LogP contribution in [0.1, 0.15) is 12.5 Å².